The summed E-state index contributed by atoms with van der Waals surface area (Å²) in [5.74, 6) is -1.43. The van der Waals surface area contributed by atoms with E-state index in [1.165, 1.54) is 0 Å². The molecule has 37 heavy (non-hydrogen) atoms. The Labute approximate surface area is 227 Å². The molecule has 0 fully saturated rings. The fourth-order valence-electron chi connectivity index (χ4n) is 4.01. The first-order valence-corrected chi connectivity index (χ1v) is 15.4. The van der Waals surface area contributed by atoms with Gasteiger partial charge in [-0.25, -0.2) is 13.2 Å². The van der Waals surface area contributed by atoms with Gasteiger partial charge in [0.15, 0.2) is 9.84 Å². The van der Waals surface area contributed by atoms with Gasteiger partial charge in [0.2, 0.25) is 5.91 Å². The molecule has 0 saturated carbocycles. The second-order valence-corrected chi connectivity index (χ2v) is 12.7. The van der Waals surface area contributed by atoms with Gasteiger partial charge < -0.3 is 26.2 Å². The minimum absolute atomic E-state index is 0.0761. The number of carboxylic acid groups (broad SMARTS) is 1. The van der Waals surface area contributed by atoms with Crippen LogP contribution in [0.25, 0.3) is 0 Å². The summed E-state index contributed by atoms with van der Waals surface area (Å²) in [5.41, 5.74) is 6.86. The Morgan fingerprint density at radius 2 is 1.78 bits per heavy atom. The van der Waals surface area contributed by atoms with Crippen molar-refractivity contribution in [3.8, 4) is 0 Å². The fraction of sp³-hybridized carbons (Fsp3) is 0.692. The van der Waals surface area contributed by atoms with Crippen LogP contribution in [0.4, 0.5) is 0 Å². The highest BCUT2D eigenvalue weighted by molar-refractivity contribution is 7.91. The summed E-state index contributed by atoms with van der Waals surface area (Å²) < 4.78 is 30.6. The molecule has 0 bridgehead atoms. The number of carbonyl (C=O) groups is 2. The van der Waals surface area contributed by atoms with Gasteiger partial charge in [-0.15, -0.1) is 0 Å². The maximum Gasteiger partial charge on any atom is 0.326 e. The summed E-state index contributed by atoms with van der Waals surface area (Å²) in [6.07, 6.45) is 1.01. The van der Waals surface area contributed by atoms with Crippen LogP contribution < -0.4 is 16.4 Å². The zero-order valence-corrected chi connectivity index (χ0v) is 24.3. The normalized spacial score (nSPS) is 17.0. The predicted molar refractivity (Wildman–Crippen MR) is 151 cm³/mol. The number of hydrogen-bond acceptors (Lipinski definition) is 8. The Morgan fingerprint density at radius 1 is 1.16 bits per heavy atom. The van der Waals surface area contributed by atoms with Crippen LogP contribution in [0.15, 0.2) is 30.3 Å². The van der Waals surface area contributed by atoms with Crippen molar-refractivity contribution >= 4 is 34.3 Å². The SMILES string of the molecule is CC[C@@H](C)[C@H](CO[C@@H](Cc1ccccc1)C(=O)N[C@@H](CC(C(C)C)S(C)(=O)=O)C(=O)O)NC[C@H](N)CS. The third-order valence-corrected chi connectivity index (χ3v) is 8.92. The highest BCUT2D eigenvalue weighted by Gasteiger charge is 2.34. The van der Waals surface area contributed by atoms with E-state index in [1.807, 2.05) is 30.3 Å². The van der Waals surface area contributed by atoms with Gasteiger partial charge in [-0.3, -0.25) is 4.79 Å². The number of amides is 1. The average Bonchev–Trinajstić information content (AvgIpc) is 2.84. The van der Waals surface area contributed by atoms with Crippen LogP contribution in [-0.4, -0.2) is 80.0 Å². The Bertz CT molecular complexity index is 929. The lowest BCUT2D eigenvalue weighted by molar-refractivity contribution is -0.144. The largest absolute Gasteiger partial charge is 0.480 e. The highest BCUT2D eigenvalue weighted by Crippen LogP contribution is 2.18. The van der Waals surface area contributed by atoms with Crippen molar-refractivity contribution in [3.05, 3.63) is 35.9 Å². The summed E-state index contributed by atoms with van der Waals surface area (Å²) in [6.45, 7) is 8.34. The number of aliphatic carboxylic acids is 1. The Hall–Kier alpha value is -1.66. The van der Waals surface area contributed by atoms with Crippen molar-refractivity contribution in [2.75, 3.05) is 25.2 Å². The molecule has 0 spiro atoms. The van der Waals surface area contributed by atoms with Crippen molar-refractivity contribution in [2.24, 2.45) is 17.6 Å². The van der Waals surface area contributed by atoms with E-state index in [0.29, 0.717) is 12.3 Å². The molecule has 0 aliphatic heterocycles. The summed E-state index contributed by atoms with van der Waals surface area (Å²) in [5, 5.41) is 14.8. The maximum atomic E-state index is 13.3. The van der Waals surface area contributed by atoms with Crippen LogP contribution in [0.2, 0.25) is 0 Å². The molecule has 9 nitrogen and oxygen atoms in total. The van der Waals surface area contributed by atoms with Crippen molar-refractivity contribution in [3.63, 3.8) is 0 Å². The molecule has 1 rings (SSSR count). The van der Waals surface area contributed by atoms with Gasteiger partial charge in [0.25, 0.3) is 0 Å². The van der Waals surface area contributed by atoms with Gasteiger partial charge in [0, 0.05) is 37.1 Å². The summed E-state index contributed by atoms with van der Waals surface area (Å²) in [6, 6.07) is 7.74. The zero-order valence-electron chi connectivity index (χ0n) is 22.6. The Morgan fingerprint density at radius 3 is 2.27 bits per heavy atom. The second kappa shape index (κ2) is 16.3. The number of hydrogen-bond donors (Lipinski definition) is 5. The molecule has 0 heterocycles. The van der Waals surface area contributed by atoms with Crippen LogP contribution in [0.3, 0.4) is 0 Å². The van der Waals surface area contributed by atoms with Gasteiger partial charge in [-0.2, -0.15) is 12.6 Å². The molecule has 0 aliphatic carbocycles. The molecule has 1 amide bonds. The first-order valence-electron chi connectivity index (χ1n) is 12.8. The van der Waals surface area contributed by atoms with E-state index in [2.05, 4.69) is 37.1 Å². The van der Waals surface area contributed by atoms with Crippen LogP contribution in [-0.2, 0) is 30.6 Å². The minimum Gasteiger partial charge on any atom is -0.480 e. The van der Waals surface area contributed by atoms with Crippen LogP contribution in [0.5, 0.6) is 0 Å². The first-order chi connectivity index (χ1) is 17.3. The predicted octanol–water partition coefficient (Wildman–Crippen LogP) is 1.90. The number of ether oxygens (including phenoxy) is 1. The van der Waals surface area contributed by atoms with E-state index in [9.17, 15) is 23.1 Å². The lowest BCUT2D eigenvalue weighted by Gasteiger charge is -2.29. The number of sulfone groups is 1. The van der Waals surface area contributed by atoms with E-state index in [1.54, 1.807) is 13.8 Å². The number of nitrogens with two attached hydrogens (primary N) is 1. The third kappa shape index (κ3) is 12.2. The molecular formula is C26H45N3O6S2. The van der Waals surface area contributed by atoms with Crippen molar-refractivity contribution in [1.29, 1.82) is 0 Å². The van der Waals surface area contributed by atoms with Crippen LogP contribution in [0.1, 0.15) is 46.1 Å². The maximum absolute atomic E-state index is 13.3. The molecule has 0 radical (unpaired) electrons. The summed E-state index contributed by atoms with van der Waals surface area (Å²) in [4.78, 5) is 25.3. The van der Waals surface area contributed by atoms with Gasteiger partial charge in [-0.1, -0.05) is 64.4 Å². The lowest BCUT2D eigenvalue weighted by atomic mass is 9.99. The number of nitrogens with one attached hydrogen (secondary N) is 2. The van der Waals surface area contributed by atoms with E-state index in [-0.39, 0.29) is 43.4 Å². The second-order valence-electron chi connectivity index (χ2n) is 10.1. The van der Waals surface area contributed by atoms with E-state index in [4.69, 9.17) is 10.5 Å². The van der Waals surface area contributed by atoms with Gasteiger partial charge in [0.1, 0.15) is 12.1 Å². The molecule has 0 saturated heterocycles. The lowest BCUT2D eigenvalue weighted by Crippen LogP contribution is -2.51. The van der Waals surface area contributed by atoms with Gasteiger partial charge >= 0.3 is 5.97 Å². The Balaban J connectivity index is 3.10. The molecule has 6 atom stereocenters. The molecular weight excluding hydrogens is 514 g/mol. The third-order valence-electron chi connectivity index (χ3n) is 6.62. The first kappa shape index (κ1) is 33.4. The number of carboxylic acids is 1. The van der Waals surface area contributed by atoms with Crippen molar-refractivity contribution < 1.29 is 27.9 Å². The summed E-state index contributed by atoms with van der Waals surface area (Å²) >= 11 is 4.23. The van der Waals surface area contributed by atoms with Crippen molar-refractivity contribution in [1.82, 2.24) is 10.6 Å². The van der Waals surface area contributed by atoms with Crippen LogP contribution in [0, 0.1) is 11.8 Å². The molecule has 1 aromatic rings. The topological polar surface area (TPSA) is 148 Å². The number of thiol groups is 1. The standard InChI is InChI=1S/C26H45N3O6S2/c1-6-18(4)22(28-14-20(27)16-36)15-35-23(12-19-10-8-7-9-11-19)25(30)29-21(26(31)32)13-24(17(2)3)37(5,33)34/h7-11,17-18,20-24,28,36H,6,12-16,27H2,1-5H3,(H,29,30)(H,31,32)/t18-,20+,21+,22+,23+,24?/m1/s1. The van der Waals surface area contributed by atoms with E-state index >= 15 is 0 Å². The van der Waals surface area contributed by atoms with Gasteiger partial charge in [-0.05, 0) is 23.8 Å². The number of rotatable bonds is 18. The zero-order chi connectivity index (χ0) is 28.2. The fourth-order valence-corrected chi connectivity index (χ4v) is 5.67. The quantitative estimate of drug-likeness (QED) is 0.171. The van der Waals surface area contributed by atoms with E-state index < -0.39 is 39.1 Å². The average molecular weight is 560 g/mol. The van der Waals surface area contributed by atoms with Gasteiger partial charge in [0.05, 0.1) is 11.9 Å². The molecule has 0 aromatic heterocycles. The van der Waals surface area contributed by atoms with E-state index in [0.717, 1.165) is 18.2 Å². The molecule has 1 aromatic carbocycles. The summed E-state index contributed by atoms with van der Waals surface area (Å²) in [7, 11) is -3.52. The number of benzene rings is 1. The molecule has 0 aliphatic rings. The van der Waals surface area contributed by atoms with Crippen molar-refractivity contribution in [2.45, 2.75) is 76.4 Å². The smallest absolute Gasteiger partial charge is 0.326 e. The molecule has 5 N–H and O–H groups in total. The number of carbonyl (C=O) groups excluding carboxylic acids is 1. The minimum atomic E-state index is -3.52. The monoisotopic (exact) mass is 559 g/mol. The molecule has 1 unspecified atom stereocenters. The molecule has 11 heteroatoms. The highest BCUT2D eigenvalue weighted by atomic mass is 32.2. The van der Waals surface area contributed by atoms with Crippen LogP contribution >= 0.6 is 12.6 Å². The Kier molecular flexibility index (Phi) is 14.7. The molecule has 212 valence electrons.